The standard InChI is InChI=1S/C17H33N3O/c1-19-12-9-16(10-13-19)20(2)14-11-17(21)18-15-7-5-3-4-6-8-15/h15-16H,3-14H2,1-2H3,(H,18,21). The first-order chi connectivity index (χ1) is 10.1. The predicted octanol–water partition coefficient (Wildman–Crippen LogP) is 2.24. The Balaban J connectivity index is 1.63. The van der Waals surface area contributed by atoms with Gasteiger partial charge < -0.3 is 15.1 Å². The molecule has 1 amide bonds. The molecule has 1 saturated carbocycles. The number of carbonyl (C=O) groups excluding carboxylic acids is 1. The second kappa shape index (κ2) is 8.74. The Bertz CT molecular complexity index is 305. The van der Waals surface area contributed by atoms with Crippen LogP contribution in [0.2, 0.25) is 0 Å². The van der Waals surface area contributed by atoms with E-state index in [1.54, 1.807) is 0 Å². The summed E-state index contributed by atoms with van der Waals surface area (Å²) in [5.41, 5.74) is 0. The number of amides is 1. The van der Waals surface area contributed by atoms with Crippen molar-refractivity contribution in [3.05, 3.63) is 0 Å². The first kappa shape index (κ1) is 16.8. The number of hydrogen-bond acceptors (Lipinski definition) is 3. The summed E-state index contributed by atoms with van der Waals surface area (Å²) in [5, 5.41) is 3.25. The highest BCUT2D eigenvalue weighted by Gasteiger charge is 2.21. The molecule has 21 heavy (non-hydrogen) atoms. The minimum atomic E-state index is 0.252. The Morgan fingerprint density at radius 1 is 1.10 bits per heavy atom. The lowest BCUT2D eigenvalue weighted by Crippen LogP contribution is -2.43. The van der Waals surface area contributed by atoms with E-state index in [-0.39, 0.29) is 5.91 Å². The first-order valence-corrected chi connectivity index (χ1v) is 8.83. The maximum atomic E-state index is 12.1. The molecule has 0 aromatic heterocycles. The van der Waals surface area contributed by atoms with Crippen LogP contribution in [0.3, 0.4) is 0 Å². The molecule has 2 fully saturated rings. The van der Waals surface area contributed by atoms with Crippen LogP contribution in [0.1, 0.15) is 57.8 Å². The highest BCUT2D eigenvalue weighted by Crippen LogP contribution is 2.17. The Hall–Kier alpha value is -0.610. The van der Waals surface area contributed by atoms with Crippen molar-refractivity contribution in [3.8, 4) is 0 Å². The molecule has 0 bridgehead atoms. The van der Waals surface area contributed by atoms with Crippen LogP contribution in [0.15, 0.2) is 0 Å². The molecule has 0 aromatic carbocycles. The monoisotopic (exact) mass is 295 g/mol. The minimum Gasteiger partial charge on any atom is -0.353 e. The summed E-state index contributed by atoms with van der Waals surface area (Å²) in [5.74, 6) is 0.252. The topological polar surface area (TPSA) is 35.6 Å². The molecule has 122 valence electrons. The number of hydrogen-bond donors (Lipinski definition) is 1. The highest BCUT2D eigenvalue weighted by atomic mass is 16.1. The Labute approximate surface area is 130 Å². The van der Waals surface area contributed by atoms with Crippen LogP contribution >= 0.6 is 0 Å². The van der Waals surface area contributed by atoms with Crippen molar-refractivity contribution >= 4 is 5.91 Å². The fourth-order valence-electron chi connectivity index (χ4n) is 3.62. The number of rotatable bonds is 5. The van der Waals surface area contributed by atoms with Crippen molar-refractivity contribution in [2.45, 2.75) is 69.9 Å². The molecule has 4 nitrogen and oxygen atoms in total. The quantitative estimate of drug-likeness (QED) is 0.790. The van der Waals surface area contributed by atoms with E-state index in [4.69, 9.17) is 0 Å². The van der Waals surface area contributed by atoms with Crippen LogP contribution in [0, 0.1) is 0 Å². The maximum absolute atomic E-state index is 12.1. The van der Waals surface area contributed by atoms with Crippen LogP contribution in [0.5, 0.6) is 0 Å². The molecule has 1 heterocycles. The van der Waals surface area contributed by atoms with Gasteiger partial charge in [0.05, 0.1) is 0 Å². The van der Waals surface area contributed by atoms with Gasteiger partial charge >= 0.3 is 0 Å². The molecular formula is C17H33N3O. The van der Waals surface area contributed by atoms with Gasteiger partial charge in [-0.15, -0.1) is 0 Å². The van der Waals surface area contributed by atoms with E-state index in [2.05, 4.69) is 29.2 Å². The van der Waals surface area contributed by atoms with Crippen molar-refractivity contribution in [3.63, 3.8) is 0 Å². The third-order valence-corrected chi connectivity index (χ3v) is 5.22. The molecule has 1 aliphatic carbocycles. The van der Waals surface area contributed by atoms with Gasteiger partial charge in [-0.2, -0.15) is 0 Å². The van der Waals surface area contributed by atoms with E-state index in [1.165, 1.54) is 64.5 Å². The van der Waals surface area contributed by atoms with Crippen LogP contribution in [-0.4, -0.2) is 61.5 Å². The van der Waals surface area contributed by atoms with Crippen molar-refractivity contribution in [2.24, 2.45) is 0 Å². The fourth-order valence-corrected chi connectivity index (χ4v) is 3.62. The zero-order chi connectivity index (χ0) is 15.1. The van der Waals surface area contributed by atoms with Gasteiger partial charge in [0.2, 0.25) is 5.91 Å². The van der Waals surface area contributed by atoms with E-state index < -0.39 is 0 Å². The number of carbonyl (C=O) groups is 1. The minimum absolute atomic E-state index is 0.252. The van der Waals surface area contributed by atoms with E-state index >= 15 is 0 Å². The summed E-state index contributed by atoms with van der Waals surface area (Å²) in [4.78, 5) is 16.9. The van der Waals surface area contributed by atoms with Crippen molar-refractivity contribution in [1.29, 1.82) is 0 Å². The largest absolute Gasteiger partial charge is 0.353 e. The summed E-state index contributed by atoms with van der Waals surface area (Å²) in [6, 6.07) is 1.10. The molecule has 1 aliphatic heterocycles. The van der Waals surface area contributed by atoms with E-state index in [1.807, 2.05) is 0 Å². The van der Waals surface area contributed by atoms with Gasteiger partial charge in [0.25, 0.3) is 0 Å². The molecular weight excluding hydrogens is 262 g/mol. The summed E-state index contributed by atoms with van der Waals surface area (Å²) in [6.07, 6.45) is 10.7. The summed E-state index contributed by atoms with van der Waals surface area (Å²) >= 11 is 0. The number of nitrogens with zero attached hydrogens (tertiary/aromatic N) is 2. The predicted molar refractivity (Wildman–Crippen MR) is 87.4 cm³/mol. The molecule has 0 radical (unpaired) electrons. The van der Waals surface area contributed by atoms with Crippen molar-refractivity contribution in [2.75, 3.05) is 33.7 Å². The molecule has 2 rings (SSSR count). The third-order valence-electron chi connectivity index (χ3n) is 5.22. The van der Waals surface area contributed by atoms with Crippen LogP contribution in [0.4, 0.5) is 0 Å². The van der Waals surface area contributed by atoms with Gasteiger partial charge in [0.15, 0.2) is 0 Å². The Morgan fingerprint density at radius 3 is 2.33 bits per heavy atom. The molecule has 2 aliphatic rings. The molecule has 0 spiro atoms. The molecule has 1 saturated heterocycles. The van der Waals surface area contributed by atoms with Gasteiger partial charge in [0.1, 0.15) is 0 Å². The average molecular weight is 295 g/mol. The molecule has 0 aromatic rings. The average Bonchev–Trinajstić information content (AvgIpc) is 2.74. The van der Waals surface area contributed by atoms with Crippen LogP contribution in [0.25, 0.3) is 0 Å². The number of nitrogens with one attached hydrogen (secondary N) is 1. The smallest absolute Gasteiger partial charge is 0.221 e. The lowest BCUT2D eigenvalue weighted by atomic mass is 10.0. The second-order valence-electron chi connectivity index (χ2n) is 7.02. The van der Waals surface area contributed by atoms with Gasteiger partial charge in [-0.3, -0.25) is 4.79 Å². The van der Waals surface area contributed by atoms with E-state index in [0.717, 1.165) is 6.54 Å². The van der Waals surface area contributed by atoms with Crippen molar-refractivity contribution in [1.82, 2.24) is 15.1 Å². The molecule has 1 N–H and O–H groups in total. The number of piperidine rings is 1. The Morgan fingerprint density at radius 2 is 1.71 bits per heavy atom. The molecule has 4 heteroatoms. The summed E-state index contributed by atoms with van der Waals surface area (Å²) in [6.45, 7) is 3.26. The van der Waals surface area contributed by atoms with Gasteiger partial charge in [0, 0.05) is 25.0 Å². The van der Waals surface area contributed by atoms with E-state index in [9.17, 15) is 4.79 Å². The molecule has 0 atom stereocenters. The van der Waals surface area contributed by atoms with Gasteiger partial charge in [-0.25, -0.2) is 0 Å². The van der Waals surface area contributed by atoms with Crippen LogP contribution in [-0.2, 0) is 4.79 Å². The van der Waals surface area contributed by atoms with Gasteiger partial charge in [-0.1, -0.05) is 25.7 Å². The second-order valence-corrected chi connectivity index (χ2v) is 7.02. The lowest BCUT2D eigenvalue weighted by Gasteiger charge is -2.35. The molecule has 0 unspecified atom stereocenters. The summed E-state index contributed by atoms with van der Waals surface area (Å²) in [7, 11) is 4.37. The zero-order valence-electron chi connectivity index (χ0n) is 13.9. The van der Waals surface area contributed by atoms with E-state index in [0.29, 0.717) is 18.5 Å². The summed E-state index contributed by atoms with van der Waals surface area (Å²) < 4.78 is 0. The maximum Gasteiger partial charge on any atom is 0.221 e. The normalized spacial score (nSPS) is 23.2. The zero-order valence-corrected chi connectivity index (χ0v) is 13.9. The lowest BCUT2D eigenvalue weighted by molar-refractivity contribution is -0.122. The van der Waals surface area contributed by atoms with Crippen molar-refractivity contribution < 1.29 is 4.79 Å². The number of likely N-dealkylation sites (tertiary alicyclic amines) is 1. The van der Waals surface area contributed by atoms with Gasteiger partial charge in [-0.05, 0) is 52.9 Å². The first-order valence-electron chi connectivity index (χ1n) is 8.83. The Kier molecular flexibility index (Phi) is 6.97. The van der Waals surface area contributed by atoms with Crippen LogP contribution < -0.4 is 5.32 Å². The third kappa shape index (κ3) is 5.95. The SMILES string of the molecule is CN1CCC(N(C)CCC(=O)NC2CCCCCC2)CC1. The highest BCUT2D eigenvalue weighted by molar-refractivity contribution is 5.76. The fraction of sp³-hybridized carbons (Fsp3) is 0.941.